The maximum atomic E-state index is 11.9. The fraction of sp³-hybridized carbons (Fsp3) is 0.615. The van der Waals surface area contributed by atoms with Crippen molar-refractivity contribution in [2.75, 3.05) is 26.7 Å². The van der Waals surface area contributed by atoms with Gasteiger partial charge in [0, 0.05) is 31.2 Å². The van der Waals surface area contributed by atoms with Gasteiger partial charge in [-0.25, -0.2) is 4.79 Å². The van der Waals surface area contributed by atoms with E-state index in [4.69, 9.17) is 0 Å². The van der Waals surface area contributed by atoms with Gasteiger partial charge >= 0.3 is 17.8 Å². The second-order valence-corrected chi connectivity index (χ2v) is 4.72. The van der Waals surface area contributed by atoms with Crippen molar-refractivity contribution in [2.45, 2.75) is 26.8 Å². The highest BCUT2D eigenvalue weighted by Gasteiger charge is 2.33. The molecule has 0 aliphatic carbocycles. The Hall–Kier alpha value is -1.85. The normalized spacial score (nSPS) is 17.2. The van der Waals surface area contributed by atoms with Gasteiger partial charge in [0.2, 0.25) is 0 Å². The first-order chi connectivity index (χ1) is 8.88. The van der Waals surface area contributed by atoms with Gasteiger partial charge in [-0.3, -0.25) is 9.59 Å². The molecule has 0 radical (unpaired) electrons. The van der Waals surface area contributed by atoms with Crippen molar-refractivity contribution in [3.05, 3.63) is 11.6 Å². The van der Waals surface area contributed by atoms with E-state index in [9.17, 15) is 14.4 Å². The minimum atomic E-state index is -0.520. The average molecular weight is 268 g/mol. The maximum Gasteiger partial charge on any atom is 0.333 e. The van der Waals surface area contributed by atoms with E-state index in [0.29, 0.717) is 18.7 Å². The van der Waals surface area contributed by atoms with Gasteiger partial charge in [0.15, 0.2) is 0 Å². The Morgan fingerprint density at radius 2 is 1.95 bits per heavy atom. The quantitative estimate of drug-likeness (QED) is 0.414. The molecule has 6 heteroatoms. The number of carbonyl (C=O) groups excluding carboxylic acids is 3. The molecule has 2 amide bonds. The molecule has 0 unspecified atom stereocenters. The van der Waals surface area contributed by atoms with Gasteiger partial charge < -0.3 is 14.5 Å². The molecule has 0 saturated carbocycles. The topological polar surface area (TPSA) is 66.9 Å². The third kappa shape index (κ3) is 3.56. The predicted molar refractivity (Wildman–Crippen MR) is 69.2 cm³/mol. The second-order valence-electron chi connectivity index (χ2n) is 4.72. The molecule has 1 saturated heterocycles. The molecule has 1 rings (SSSR count). The van der Waals surface area contributed by atoms with Crippen LogP contribution in [-0.4, -0.2) is 60.4 Å². The van der Waals surface area contributed by atoms with Crippen molar-refractivity contribution >= 4 is 17.8 Å². The van der Waals surface area contributed by atoms with Crippen LogP contribution in [0.25, 0.3) is 0 Å². The summed E-state index contributed by atoms with van der Waals surface area (Å²) >= 11 is 0. The molecule has 1 aliphatic rings. The number of nitrogens with zero attached hydrogens (tertiary/aromatic N) is 2. The number of amides is 2. The Morgan fingerprint density at radius 1 is 1.32 bits per heavy atom. The van der Waals surface area contributed by atoms with Crippen molar-refractivity contribution in [3.63, 3.8) is 0 Å². The Kier molecular flexibility index (Phi) is 5.09. The smallest absolute Gasteiger partial charge is 0.333 e. The summed E-state index contributed by atoms with van der Waals surface area (Å²) in [6.07, 6.45) is 1.60. The zero-order chi connectivity index (χ0) is 14.6. The molecule has 1 heterocycles. The lowest BCUT2D eigenvalue weighted by Crippen LogP contribution is -2.56. The fourth-order valence-electron chi connectivity index (χ4n) is 1.85. The van der Waals surface area contributed by atoms with E-state index in [1.54, 1.807) is 17.9 Å². The molecule has 6 nitrogen and oxygen atoms in total. The number of carbonyl (C=O) groups is 3. The fourth-order valence-corrected chi connectivity index (χ4v) is 1.85. The Balaban J connectivity index is 2.66. The second kappa shape index (κ2) is 6.36. The minimum Gasteiger partial charge on any atom is -0.466 e. The summed E-state index contributed by atoms with van der Waals surface area (Å²) in [5, 5.41) is 0. The molecule has 0 aromatic rings. The molecule has 0 bridgehead atoms. The molecule has 0 atom stereocenters. The summed E-state index contributed by atoms with van der Waals surface area (Å²) in [5.74, 6) is -1.43. The highest BCUT2D eigenvalue weighted by Crippen LogP contribution is 2.09. The summed E-state index contributed by atoms with van der Waals surface area (Å²) < 4.78 is 4.56. The Bertz CT molecular complexity index is 415. The number of rotatable bonds is 4. The Morgan fingerprint density at radius 3 is 2.47 bits per heavy atom. The van der Waals surface area contributed by atoms with Gasteiger partial charge in [-0.1, -0.05) is 6.08 Å². The number of hydrogen-bond acceptors (Lipinski definition) is 4. The highest BCUT2D eigenvalue weighted by molar-refractivity contribution is 6.35. The first-order valence-electron chi connectivity index (χ1n) is 6.23. The van der Waals surface area contributed by atoms with Crippen LogP contribution < -0.4 is 0 Å². The van der Waals surface area contributed by atoms with Crippen LogP contribution >= 0.6 is 0 Å². The molecular weight excluding hydrogens is 248 g/mol. The zero-order valence-corrected chi connectivity index (χ0v) is 11.8. The van der Waals surface area contributed by atoms with Crippen LogP contribution in [0.4, 0.5) is 0 Å². The van der Waals surface area contributed by atoms with Crippen molar-refractivity contribution in [1.29, 1.82) is 0 Å². The molecule has 1 fully saturated rings. The molecule has 0 aromatic heterocycles. The predicted octanol–water partition coefficient (Wildman–Crippen LogP) is 0.185. The molecule has 0 spiro atoms. The van der Waals surface area contributed by atoms with Crippen LogP contribution in [0.5, 0.6) is 0 Å². The highest BCUT2D eigenvalue weighted by atomic mass is 16.5. The molecule has 0 aromatic carbocycles. The van der Waals surface area contributed by atoms with E-state index in [1.165, 1.54) is 12.0 Å². The van der Waals surface area contributed by atoms with Gasteiger partial charge in [0.05, 0.1) is 7.11 Å². The first-order valence-corrected chi connectivity index (χ1v) is 6.23. The van der Waals surface area contributed by atoms with Gasteiger partial charge in [0.1, 0.15) is 0 Å². The van der Waals surface area contributed by atoms with Crippen molar-refractivity contribution in [2.24, 2.45) is 0 Å². The molecule has 0 N–H and O–H groups in total. The molecular formula is C13H20N2O4. The largest absolute Gasteiger partial charge is 0.466 e. The van der Waals surface area contributed by atoms with Crippen LogP contribution in [0.1, 0.15) is 20.8 Å². The van der Waals surface area contributed by atoms with Crippen LogP contribution in [-0.2, 0) is 19.1 Å². The minimum absolute atomic E-state index is 0.0194. The van der Waals surface area contributed by atoms with Crippen molar-refractivity contribution in [3.8, 4) is 0 Å². The van der Waals surface area contributed by atoms with E-state index in [2.05, 4.69) is 4.74 Å². The third-order valence-electron chi connectivity index (χ3n) is 3.09. The van der Waals surface area contributed by atoms with E-state index < -0.39 is 17.8 Å². The molecule has 1 aliphatic heterocycles. The first kappa shape index (κ1) is 15.2. The van der Waals surface area contributed by atoms with E-state index in [0.717, 1.165) is 0 Å². The number of piperazine rings is 1. The van der Waals surface area contributed by atoms with Gasteiger partial charge in [-0.2, -0.15) is 0 Å². The van der Waals surface area contributed by atoms with Gasteiger partial charge in [-0.15, -0.1) is 0 Å². The van der Waals surface area contributed by atoms with Crippen LogP contribution in [0.15, 0.2) is 11.6 Å². The standard InChI is InChI=1S/C13H20N2O4/c1-9(2)15-8-7-14(11(16)12(15)17)6-5-10(3)13(18)19-4/h5,9H,6-8H2,1-4H3. The summed E-state index contributed by atoms with van der Waals surface area (Å²) in [6.45, 7) is 6.62. The maximum absolute atomic E-state index is 11.9. The zero-order valence-electron chi connectivity index (χ0n) is 11.8. The number of methoxy groups -OCH3 is 1. The van der Waals surface area contributed by atoms with Gasteiger partial charge in [0.25, 0.3) is 0 Å². The van der Waals surface area contributed by atoms with Crippen LogP contribution in [0, 0.1) is 0 Å². The summed E-state index contributed by atoms with van der Waals surface area (Å²) in [5.41, 5.74) is 0.425. The summed E-state index contributed by atoms with van der Waals surface area (Å²) in [4.78, 5) is 37.9. The van der Waals surface area contributed by atoms with Crippen molar-refractivity contribution < 1.29 is 19.1 Å². The van der Waals surface area contributed by atoms with E-state index >= 15 is 0 Å². The molecule has 19 heavy (non-hydrogen) atoms. The van der Waals surface area contributed by atoms with E-state index in [-0.39, 0.29) is 12.6 Å². The summed E-state index contributed by atoms with van der Waals surface area (Å²) in [6, 6.07) is 0.0194. The monoisotopic (exact) mass is 268 g/mol. The number of ether oxygens (including phenoxy) is 1. The lowest BCUT2D eigenvalue weighted by Gasteiger charge is -2.35. The molecule has 106 valence electrons. The summed E-state index contributed by atoms with van der Waals surface area (Å²) in [7, 11) is 1.30. The number of esters is 1. The SMILES string of the molecule is COC(=O)C(C)=CCN1CCN(C(C)C)C(=O)C1=O. The Labute approximate surface area is 113 Å². The van der Waals surface area contributed by atoms with Crippen LogP contribution in [0.2, 0.25) is 0 Å². The third-order valence-corrected chi connectivity index (χ3v) is 3.09. The van der Waals surface area contributed by atoms with Crippen molar-refractivity contribution in [1.82, 2.24) is 9.80 Å². The number of hydrogen-bond donors (Lipinski definition) is 0. The lowest BCUT2D eigenvalue weighted by atomic mass is 10.2. The van der Waals surface area contributed by atoms with E-state index in [1.807, 2.05) is 13.8 Å². The van der Waals surface area contributed by atoms with Crippen LogP contribution in [0.3, 0.4) is 0 Å². The average Bonchev–Trinajstić information content (AvgIpc) is 2.38. The lowest BCUT2D eigenvalue weighted by molar-refractivity contribution is -0.156. The van der Waals surface area contributed by atoms with Gasteiger partial charge in [-0.05, 0) is 20.8 Å².